The number of benzene rings is 1. The zero-order valence-electron chi connectivity index (χ0n) is 14.3. The van der Waals surface area contributed by atoms with Gasteiger partial charge in [-0.2, -0.15) is 0 Å². The van der Waals surface area contributed by atoms with Crippen LogP contribution in [0.2, 0.25) is 10.0 Å². The first kappa shape index (κ1) is 18.3. The zero-order valence-corrected chi connectivity index (χ0v) is 15.9. The Morgan fingerprint density at radius 3 is 2.54 bits per heavy atom. The highest BCUT2D eigenvalue weighted by Crippen LogP contribution is 2.35. The summed E-state index contributed by atoms with van der Waals surface area (Å²) in [6.45, 7) is 1.69. The third-order valence-electron chi connectivity index (χ3n) is 4.23. The summed E-state index contributed by atoms with van der Waals surface area (Å²) in [5, 5.41) is 3.62. The molecule has 8 nitrogen and oxygen atoms in total. The summed E-state index contributed by atoms with van der Waals surface area (Å²) in [6.07, 6.45) is -0.633. The highest BCUT2D eigenvalue weighted by atomic mass is 35.5. The number of fused-ring (bicyclic) bond motifs is 1. The van der Waals surface area contributed by atoms with Crippen LogP contribution in [-0.4, -0.2) is 28.8 Å². The van der Waals surface area contributed by atoms with Gasteiger partial charge in [-0.1, -0.05) is 29.3 Å². The van der Waals surface area contributed by atoms with Gasteiger partial charge in [-0.3, -0.25) is 19.1 Å². The predicted octanol–water partition coefficient (Wildman–Crippen LogP) is 1.26. The molecule has 0 spiro atoms. The largest absolute Gasteiger partial charge is 0.330 e. The van der Waals surface area contributed by atoms with Crippen LogP contribution < -0.4 is 26.4 Å². The molecule has 2 N–H and O–H groups in total. The molecule has 1 unspecified atom stereocenters. The Balaban J connectivity index is 2.13. The second kappa shape index (κ2) is 6.69. The Labute approximate surface area is 158 Å². The van der Waals surface area contributed by atoms with Crippen LogP contribution >= 0.6 is 23.2 Å². The lowest BCUT2D eigenvalue weighted by atomic mass is 10.2. The van der Waals surface area contributed by atoms with Gasteiger partial charge in [0.15, 0.2) is 6.29 Å². The van der Waals surface area contributed by atoms with Gasteiger partial charge in [0, 0.05) is 27.6 Å². The van der Waals surface area contributed by atoms with Crippen molar-refractivity contribution >= 4 is 40.6 Å². The van der Waals surface area contributed by atoms with E-state index in [1.807, 2.05) is 0 Å². The molecular formula is C16H17Cl2N5O3. The Morgan fingerprint density at radius 1 is 1.23 bits per heavy atom. The zero-order chi connectivity index (χ0) is 19.2. The fourth-order valence-corrected chi connectivity index (χ4v) is 3.36. The second-order valence-corrected chi connectivity index (χ2v) is 6.87. The average Bonchev–Trinajstić information content (AvgIpc) is 2.82. The molecule has 0 saturated carbocycles. The fourth-order valence-electron chi connectivity index (χ4n) is 3.04. The monoisotopic (exact) mass is 397 g/mol. The van der Waals surface area contributed by atoms with Crippen LogP contribution in [-0.2, 0) is 18.4 Å². The summed E-state index contributed by atoms with van der Waals surface area (Å²) in [5.74, 6) is 0.140. The first-order chi connectivity index (χ1) is 12.2. The molecule has 1 aliphatic heterocycles. The molecule has 1 aliphatic rings. The summed E-state index contributed by atoms with van der Waals surface area (Å²) >= 11 is 12.1. The minimum absolute atomic E-state index is 0.268. The Morgan fingerprint density at radius 2 is 1.92 bits per heavy atom. The quantitative estimate of drug-likeness (QED) is 0.813. The van der Waals surface area contributed by atoms with Gasteiger partial charge in [0.25, 0.3) is 5.56 Å². The van der Waals surface area contributed by atoms with Gasteiger partial charge in [0.1, 0.15) is 11.5 Å². The van der Waals surface area contributed by atoms with Crippen molar-refractivity contribution in [2.24, 2.45) is 7.05 Å². The highest BCUT2D eigenvalue weighted by molar-refractivity contribution is 6.42. The van der Waals surface area contributed by atoms with E-state index in [0.29, 0.717) is 28.1 Å². The molecule has 138 valence electrons. The van der Waals surface area contributed by atoms with Gasteiger partial charge in [0.2, 0.25) is 5.91 Å². The van der Waals surface area contributed by atoms with Crippen molar-refractivity contribution in [1.29, 1.82) is 0 Å². The van der Waals surface area contributed by atoms with Crippen molar-refractivity contribution in [3.8, 4) is 0 Å². The summed E-state index contributed by atoms with van der Waals surface area (Å²) in [6, 6.07) is 5.17. The van der Waals surface area contributed by atoms with Crippen LogP contribution in [0.4, 0.5) is 11.5 Å². The van der Waals surface area contributed by atoms with Gasteiger partial charge < -0.3 is 15.1 Å². The topological polar surface area (TPSA) is 90.4 Å². The maximum absolute atomic E-state index is 12.3. The molecule has 1 atom stereocenters. The van der Waals surface area contributed by atoms with E-state index in [-0.39, 0.29) is 5.91 Å². The van der Waals surface area contributed by atoms with Crippen molar-refractivity contribution in [1.82, 2.24) is 14.9 Å². The molecule has 0 bridgehead atoms. The number of carbonyl (C=O) groups excluding carboxylic acids is 1. The van der Waals surface area contributed by atoms with Crippen molar-refractivity contribution < 1.29 is 4.79 Å². The molecule has 1 amide bonds. The van der Waals surface area contributed by atoms with Crippen LogP contribution in [0.25, 0.3) is 0 Å². The molecule has 26 heavy (non-hydrogen) atoms. The van der Waals surface area contributed by atoms with Crippen molar-refractivity contribution in [3.05, 3.63) is 54.6 Å². The fraction of sp³-hybridized carbons (Fsp3) is 0.312. The molecule has 1 aromatic carbocycles. The number of aromatic nitrogens is 2. The van der Waals surface area contributed by atoms with Gasteiger partial charge in [0.05, 0.1) is 10.0 Å². The first-order valence-electron chi connectivity index (χ1n) is 7.74. The molecule has 1 aromatic heterocycles. The molecule has 3 rings (SSSR count). The lowest BCUT2D eigenvalue weighted by molar-refractivity contribution is -0.119. The standard InChI is InChI=1S/C16H17Cl2N5O3/c1-8(24)19-15-21(2)12-13(25)20-16(26)22(3)14(12)23(15)7-9-4-5-10(17)11(18)6-9/h4-6,15H,7H2,1-3H3,(H,19,24)(H,20,25,26). The SMILES string of the molecule is CC(=O)NC1N(C)c2c(n(C)c(=O)[nH]c2=O)N1Cc1ccc(Cl)c(Cl)c1. The lowest BCUT2D eigenvalue weighted by Crippen LogP contribution is -2.53. The minimum Gasteiger partial charge on any atom is -0.330 e. The van der Waals surface area contributed by atoms with E-state index in [1.54, 1.807) is 42.1 Å². The van der Waals surface area contributed by atoms with Gasteiger partial charge >= 0.3 is 5.69 Å². The number of nitrogens with one attached hydrogen (secondary N) is 2. The van der Waals surface area contributed by atoms with Crippen LogP contribution in [0.1, 0.15) is 12.5 Å². The van der Waals surface area contributed by atoms with Crippen LogP contribution in [0.15, 0.2) is 27.8 Å². The highest BCUT2D eigenvalue weighted by Gasteiger charge is 2.38. The van der Waals surface area contributed by atoms with Gasteiger partial charge in [-0.25, -0.2) is 4.79 Å². The molecule has 0 fully saturated rings. The Bertz CT molecular complexity index is 1000. The summed E-state index contributed by atoms with van der Waals surface area (Å²) in [4.78, 5) is 41.7. The first-order valence-corrected chi connectivity index (χ1v) is 8.50. The lowest BCUT2D eigenvalue weighted by Gasteiger charge is -2.31. The Hall–Kier alpha value is -2.45. The maximum Gasteiger partial charge on any atom is 0.329 e. The predicted molar refractivity (Wildman–Crippen MR) is 101 cm³/mol. The number of aromatic amines is 1. The number of hydrogen-bond acceptors (Lipinski definition) is 5. The van der Waals surface area contributed by atoms with E-state index in [0.717, 1.165) is 5.56 Å². The smallest absolute Gasteiger partial charge is 0.329 e. The number of rotatable bonds is 3. The van der Waals surface area contributed by atoms with Gasteiger partial charge in [-0.15, -0.1) is 0 Å². The van der Waals surface area contributed by atoms with Crippen LogP contribution in [0, 0.1) is 0 Å². The summed E-state index contributed by atoms with van der Waals surface area (Å²) in [5.41, 5.74) is 0.0528. The van der Waals surface area contributed by atoms with E-state index in [2.05, 4.69) is 10.3 Å². The van der Waals surface area contributed by atoms with E-state index < -0.39 is 17.5 Å². The van der Waals surface area contributed by atoms with Crippen molar-refractivity contribution in [2.45, 2.75) is 19.8 Å². The minimum atomic E-state index is -0.633. The number of halogens is 2. The van der Waals surface area contributed by atoms with E-state index in [1.165, 1.54) is 11.5 Å². The molecular weight excluding hydrogens is 381 g/mol. The summed E-state index contributed by atoms with van der Waals surface area (Å²) in [7, 11) is 3.23. The average molecular weight is 398 g/mol. The number of hydrogen-bond donors (Lipinski definition) is 2. The van der Waals surface area contributed by atoms with Crippen LogP contribution in [0.5, 0.6) is 0 Å². The van der Waals surface area contributed by atoms with Crippen molar-refractivity contribution in [2.75, 3.05) is 16.8 Å². The number of nitrogens with zero attached hydrogens (tertiary/aromatic N) is 3. The number of carbonyl (C=O) groups is 1. The Kier molecular flexibility index (Phi) is 4.72. The van der Waals surface area contributed by atoms with Crippen molar-refractivity contribution in [3.63, 3.8) is 0 Å². The van der Waals surface area contributed by atoms with E-state index in [9.17, 15) is 14.4 Å². The second-order valence-electron chi connectivity index (χ2n) is 6.05. The summed E-state index contributed by atoms with van der Waals surface area (Å²) < 4.78 is 1.34. The normalized spacial score (nSPS) is 16.0. The van der Waals surface area contributed by atoms with Gasteiger partial charge in [-0.05, 0) is 17.7 Å². The third kappa shape index (κ3) is 3.06. The van der Waals surface area contributed by atoms with Crippen LogP contribution in [0.3, 0.4) is 0 Å². The molecule has 0 saturated heterocycles. The number of H-pyrrole nitrogens is 1. The van der Waals surface area contributed by atoms with E-state index >= 15 is 0 Å². The molecule has 0 aliphatic carbocycles. The molecule has 2 aromatic rings. The molecule has 10 heteroatoms. The molecule has 2 heterocycles. The third-order valence-corrected chi connectivity index (χ3v) is 4.96. The number of amides is 1. The van der Waals surface area contributed by atoms with E-state index in [4.69, 9.17) is 23.2 Å². The maximum atomic E-state index is 12.3. The number of anilines is 2. The molecule has 0 radical (unpaired) electrons.